The minimum absolute atomic E-state index is 0.252. The third-order valence-corrected chi connectivity index (χ3v) is 4.79. The quantitative estimate of drug-likeness (QED) is 0.789. The first-order chi connectivity index (χ1) is 9.43. The lowest BCUT2D eigenvalue weighted by Crippen LogP contribution is -2.53. The molecule has 3 unspecified atom stereocenters. The van der Waals surface area contributed by atoms with Crippen molar-refractivity contribution in [2.45, 2.75) is 35.6 Å². The average Bonchev–Trinajstić information content (AvgIpc) is 2.43. The Morgan fingerprint density at radius 2 is 2.05 bits per heavy atom. The van der Waals surface area contributed by atoms with Crippen LogP contribution in [0.3, 0.4) is 0 Å². The average molecular weight is 323 g/mol. The van der Waals surface area contributed by atoms with E-state index in [1.54, 1.807) is 6.92 Å². The minimum atomic E-state index is -0.976. The van der Waals surface area contributed by atoms with Gasteiger partial charge in [0.05, 0.1) is 18.8 Å². The number of rotatable bonds is 3. The number of hydrogen-bond acceptors (Lipinski definition) is 5. The minimum Gasteiger partial charge on any atom is -0.394 e. The van der Waals surface area contributed by atoms with Crippen molar-refractivity contribution in [3.63, 3.8) is 0 Å². The number of aliphatic hydroxyl groups excluding tert-OH is 3. The van der Waals surface area contributed by atoms with E-state index < -0.39 is 35.5 Å². The van der Waals surface area contributed by atoms with Gasteiger partial charge in [-0.1, -0.05) is 30.3 Å². The molecule has 1 fully saturated rings. The van der Waals surface area contributed by atoms with Crippen molar-refractivity contribution in [1.82, 2.24) is 0 Å². The Kier molecular flexibility index (Phi) is 5.28. The first-order valence-electron chi connectivity index (χ1n) is 6.18. The zero-order valence-electron chi connectivity index (χ0n) is 10.7. The Morgan fingerprint density at radius 1 is 1.35 bits per heavy atom. The molecular formula is C13H16ClFO4S. The fourth-order valence-electron chi connectivity index (χ4n) is 2.06. The Morgan fingerprint density at radius 3 is 2.70 bits per heavy atom. The molecule has 1 saturated heterocycles. The number of benzene rings is 1. The van der Waals surface area contributed by atoms with Gasteiger partial charge in [-0.05, 0) is 18.2 Å². The first kappa shape index (κ1) is 16.0. The van der Waals surface area contributed by atoms with E-state index in [-0.39, 0.29) is 11.5 Å². The van der Waals surface area contributed by atoms with Gasteiger partial charge < -0.3 is 20.1 Å². The molecule has 3 N–H and O–H groups in total. The van der Waals surface area contributed by atoms with Crippen LogP contribution in [0.25, 0.3) is 0 Å². The van der Waals surface area contributed by atoms with Crippen LogP contribution in [-0.2, 0) is 4.74 Å². The molecule has 0 amide bonds. The molecule has 0 aliphatic carbocycles. The largest absolute Gasteiger partial charge is 0.394 e. The summed E-state index contributed by atoms with van der Waals surface area (Å²) in [6.07, 6.45) is -2.74. The molecule has 112 valence electrons. The van der Waals surface area contributed by atoms with Crippen molar-refractivity contribution in [3.05, 3.63) is 29.0 Å². The lowest BCUT2D eigenvalue weighted by molar-refractivity contribution is -0.177. The summed E-state index contributed by atoms with van der Waals surface area (Å²) in [6.45, 7) is 1.29. The molecule has 1 aromatic rings. The maximum absolute atomic E-state index is 13.7. The molecule has 20 heavy (non-hydrogen) atoms. The Balaban J connectivity index is 2.17. The van der Waals surface area contributed by atoms with Crippen LogP contribution in [-0.4, -0.2) is 45.7 Å². The van der Waals surface area contributed by atoms with E-state index in [0.29, 0.717) is 5.02 Å². The van der Waals surface area contributed by atoms with Gasteiger partial charge >= 0.3 is 0 Å². The summed E-state index contributed by atoms with van der Waals surface area (Å²) in [4.78, 5) is 0.252. The van der Waals surface area contributed by atoms with E-state index in [1.165, 1.54) is 18.2 Å². The maximum Gasteiger partial charge on any atom is 0.136 e. The molecule has 4 nitrogen and oxygen atoms in total. The Labute approximate surface area is 125 Å². The molecular weight excluding hydrogens is 307 g/mol. The predicted octanol–water partition coefficient (Wildman–Crippen LogP) is 1.65. The molecule has 1 aromatic carbocycles. The highest BCUT2D eigenvalue weighted by Crippen LogP contribution is 2.37. The van der Waals surface area contributed by atoms with Gasteiger partial charge in [-0.3, -0.25) is 0 Å². The topological polar surface area (TPSA) is 69.9 Å². The van der Waals surface area contributed by atoms with Gasteiger partial charge in [0.15, 0.2) is 0 Å². The molecule has 1 aliphatic rings. The zero-order valence-corrected chi connectivity index (χ0v) is 12.3. The summed E-state index contributed by atoms with van der Waals surface area (Å²) in [6, 6.07) is 4.12. The summed E-state index contributed by atoms with van der Waals surface area (Å²) >= 11 is 6.80. The maximum atomic E-state index is 13.7. The van der Waals surface area contributed by atoms with Gasteiger partial charge in [-0.25, -0.2) is 4.39 Å². The molecule has 2 rings (SSSR count). The van der Waals surface area contributed by atoms with Crippen molar-refractivity contribution in [3.8, 4) is 0 Å². The SMILES string of the molecule is CC1C(O)[C@@H](Sc2cc(Cl)ccc2F)OC(CO)[C@@H]1O. The fraction of sp³-hybridized carbons (Fsp3) is 0.538. The van der Waals surface area contributed by atoms with E-state index in [0.717, 1.165) is 11.8 Å². The molecule has 7 heteroatoms. The van der Waals surface area contributed by atoms with Crippen LogP contribution in [0, 0.1) is 11.7 Å². The van der Waals surface area contributed by atoms with Crippen molar-refractivity contribution < 1.29 is 24.4 Å². The summed E-state index contributed by atoms with van der Waals surface area (Å²) in [5, 5.41) is 29.5. The lowest BCUT2D eigenvalue weighted by atomic mass is 9.92. The summed E-state index contributed by atoms with van der Waals surface area (Å²) in [5.41, 5.74) is -0.779. The van der Waals surface area contributed by atoms with E-state index in [4.69, 9.17) is 16.3 Å². The van der Waals surface area contributed by atoms with Crippen molar-refractivity contribution >= 4 is 23.4 Å². The molecule has 0 aromatic heterocycles. The number of hydrogen-bond donors (Lipinski definition) is 3. The van der Waals surface area contributed by atoms with Gasteiger partial charge in [-0.15, -0.1) is 0 Å². The van der Waals surface area contributed by atoms with Gasteiger partial charge in [0, 0.05) is 15.8 Å². The lowest BCUT2D eigenvalue weighted by Gasteiger charge is -2.40. The normalized spacial score (nSPS) is 34.2. The third kappa shape index (κ3) is 3.27. The van der Waals surface area contributed by atoms with Crippen LogP contribution in [0.5, 0.6) is 0 Å². The molecule has 1 aliphatic heterocycles. The van der Waals surface area contributed by atoms with Gasteiger partial charge in [0.25, 0.3) is 0 Å². The van der Waals surface area contributed by atoms with Gasteiger partial charge in [0.1, 0.15) is 17.4 Å². The highest BCUT2D eigenvalue weighted by Gasteiger charge is 2.42. The molecule has 5 atom stereocenters. The predicted molar refractivity (Wildman–Crippen MR) is 74.2 cm³/mol. The number of halogens is 2. The van der Waals surface area contributed by atoms with Crippen LogP contribution in [0.4, 0.5) is 4.39 Å². The van der Waals surface area contributed by atoms with Crippen LogP contribution < -0.4 is 0 Å². The van der Waals surface area contributed by atoms with E-state index >= 15 is 0 Å². The third-order valence-electron chi connectivity index (χ3n) is 3.36. The van der Waals surface area contributed by atoms with Crippen molar-refractivity contribution in [2.24, 2.45) is 5.92 Å². The number of aliphatic hydroxyl groups is 3. The van der Waals surface area contributed by atoms with E-state index in [9.17, 15) is 19.7 Å². The second-order valence-electron chi connectivity index (χ2n) is 4.76. The summed E-state index contributed by atoms with van der Waals surface area (Å²) in [7, 11) is 0. The number of ether oxygens (including phenoxy) is 1. The summed E-state index contributed by atoms with van der Waals surface area (Å²) in [5.74, 6) is -0.949. The van der Waals surface area contributed by atoms with E-state index in [2.05, 4.69) is 0 Å². The highest BCUT2D eigenvalue weighted by atomic mass is 35.5. The summed E-state index contributed by atoms with van der Waals surface area (Å²) < 4.78 is 19.1. The molecule has 1 heterocycles. The van der Waals surface area contributed by atoms with Gasteiger partial charge in [0.2, 0.25) is 0 Å². The molecule has 0 spiro atoms. The Hall–Kier alpha value is -0.370. The second-order valence-corrected chi connectivity index (χ2v) is 6.33. The van der Waals surface area contributed by atoms with Crippen LogP contribution in [0.2, 0.25) is 5.02 Å². The smallest absolute Gasteiger partial charge is 0.136 e. The Bertz CT molecular complexity index is 474. The van der Waals surface area contributed by atoms with Crippen LogP contribution in [0.1, 0.15) is 6.92 Å². The first-order valence-corrected chi connectivity index (χ1v) is 7.44. The van der Waals surface area contributed by atoms with Crippen molar-refractivity contribution in [2.75, 3.05) is 6.61 Å². The standard InChI is InChI=1S/C13H16ClFO4S/c1-6-11(17)9(5-16)19-13(12(6)18)20-10-4-7(14)2-3-8(10)15/h2-4,6,9,11-13,16-18H,5H2,1H3/t6?,9?,11-,12?,13-/m1/s1. The molecule has 0 saturated carbocycles. The molecule has 0 radical (unpaired) electrons. The van der Waals surface area contributed by atoms with Gasteiger partial charge in [-0.2, -0.15) is 0 Å². The zero-order chi connectivity index (χ0) is 14.9. The van der Waals surface area contributed by atoms with Crippen LogP contribution in [0.15, 0.2) is 23.1 Å². The van der Waals surface area contributed by atoms with E-state index in [1.807, 2.05) is 0 Å². The fourth-order valence-corrected chi connectivity index (χ4v) is 3.51. The molecule has 0 bridgehead atoms. The van der Waals surface area contributed by atoms with Crippen molar-refractivity contribution in [1.29, 1.82) is 0 Å². The monoisotopic (exact) mass is 322 g/mol. The highest BCUT2D eigenvalue weighted by molar-refractivity contribution is 7.99. The number of thioether (sulfide) groups is 1. The second kappa shape index (κ2) is 6.60. The van der Waals surface area contributed by atoms with Crippen LogP contribution >= 0.6 is 23.4 Å².